The standard InChI is InChI=1S/C37H33NO8/c39-20-23-13-16-29(46-23)33-24-14-15-25-32(36(45)38(35(25)44)17-7-12-31(41)42)27(24)18-28-34(43)26(21-8-3-1-4-9-21)19-30(40)37(28,33)22-10-5-2-6-11-22/h1-6,8-11,13-14,16,19,25,27-28,32-33,39H,7,12,15,17-18,20H2,(H,41,42). The SMILES string of the molecule is O=C(O)CCCN1C(=O)C2CC=C3C(CC4C(=O)C(c5ccccc5)=CC(=O)C4(c4ccccc4)C3c3ccc(CO)o3)C2C1=O. The molecule has 234 valence electrons. The fourth-order valence-electron chi connectivity index (χ4n) is 8.49. The van der Waals surface area contributed by atoms with E-state index in [4.69, 9.17) is 9.52 Å². The second-order valence-corrected chi connectivity index (χ2v) is 12.6. The van der Waals surface area contributed by atoms with Gasteiger partial charge < -0.3 is 14.6 Å². The van der Waals surface area contributed by atoms with Gasteiger partial charge in [0.2, 0.25) is 11.8 Å². The van der Waals surface area contributed by atoms with Crippen LogP contribution >= 0.6 is 0 Å². The smallest absolute Gasteiger partial charge is 0.303 e. The van der Waals surface area contributed by atoms with Crippen LogP contribution in [-0.2, 0) is 36.0 Å². The van der Waals surface area contributed by atoms with E-state index in [9.17, 15) is 29.1 Å². The highest BCUT2D eigenvalue weighted by atomic mass is 16.4. The molecule has 0 radical (unpaired) electrons. The minimum Gasteiger partial charge on any atom is -0.481 e. The van der Waals surface area contributed by atoms with Gasteiger partial charge in [0.15, 0.2) is 11.6 Å². The fraction of sp³-hybridized carbons (Fsp3) is 0.324. The van der Waals surface area contributed by atoms with Gasteiger partial charge in [0.25, 0.3) is 0 Å². The number of carbonyl (C=O) groups is 5. The number of carboxylic acids is 1. The number of hydrogen-bond donors (Lipinski definition) is 2. The molecule has 1 aliphatic heterocycles. The number of aliphatic hydroxyl groups is 1. The summed E-state index contributed by atoms with van der Waals surface area (Å²) in [4.78, 5) is 69.6. The van der Waals surface area contributed by atoms with Crippen LogP contribution in [0.4, 0.5) is 0 Å². The third-order valence-electron chi connectivity index (χ3n) is 10.4. The lowest BCUT2D eigenvalue weighted by atomic mass is 9.45. The molecule has 3 aromatic rings. The van der Waals surface area contributed by atoms with Crippen LogP contribution in [0.5, 0.6) is 0 Å². The van der Waals surface area contributed by atoms with Crippen molar-refractivity contribution in [3.05, 3.63) is 113 Å². The number of aliphatic hydroxyl groups excluding tert-OH is 1. The highest BCUT2D eigenvalue weighted by Gasteiger charge is 2.66. The molecule has 2 heterocycles. The van der Waals surface area contributed by atoms with Crippen molar-refractivity contribution in [3.8, 4) is 0 Å². The number of benzene rings is 2. The van der Waals surface area contributed by atoms with E-state index in [1.807, 2.05) is 54.6 Å². The molecule has 9 nitrogen and oxygen atoms in total. The normalized spacial score (nSPS) is 28.7. The molecule has 2 amide bonds. The number of rotatable bonds is 8. The number of likely N-dealkylation sites (tertiary alicyclic amines) is 1. The molecule has 1 saturated heterocycles. The summed E-state index contributed by atoms with van der Waals surface area (Å²) in [6.07, 6.45) is 3.81. The van der Waals surface area contributed by atoms with Gasteiger partial charge in [-0.1, -0.05) is 72.3 Å². The Morgan fingerprint density at radius 2 is 1.63 bits per heavy atom. The molecule has 4 aliphatic rings. The Balaban J connectivity index is 1.42. The Kier molecular flexibility index (Phi) is 7.44. The lowest BCUT2D eigenvalue weighted by molar-refractivity contribution is -0.142. The largest absolute Gasteiger partial charge is 0.481 e. The van der Waals surface area contributed by atoms with Crippen LogP contribution in [0, 0.1) is 23.7 Å². The molecule has 1 saturated carbocycles. The Labute approximate surface area is 265 Å². The number of amides is 2. The molecule has 9 heteroatoms. The molecular weight excluding hydrogens is 586 g/mol. The first-order valence-corrected chi connectivity index (χ1v) is 15.6. The van der Waals surface area contributed by atoms with Crippen molar-refractivity contribution in [1.29, 1.82) is 0 Å². The van der Waals surface area contributed by atoms with Gasteiger partial charge in [-0.2, -0.15) is 0 Å². The first kappa shape index (κ1) is 29.8. The van der Waals surface area contributed by atoms with Gasteiger partial charge in [-0.15, -0.1) is 0 Å². The molecule has 2 N–H and O–H groups in total. The monoisotopic (exact) mass is 619 g/mol. The average Bonchev–Trinajstić information content (AvgIpc) is 3.64. The number of carboxylic acid groups (broad SMARTS) is 1. The molecule has 6 unspecified atom stereocenters. The van der Waals surface area contributed by atoms with Gasteiger partial charge >= 0.3 is 5.97 Å². The summed E-state index contributed by atoms with van der Waals surface area (Å²) in [5.41, 5.74) is 0.952. The second-order valence-electron chi connectivity index (χ2n) is 12.6. The average molecular weight is 620 g/mol. The van der Waals surface area contributed by atoms with Crippen molar-refractivity contribution in [2.75, 3.05) is 6.54 Å². The van der Waals surface area contributed by atoms with E-state index >= 15 is 0 Å². The van der Waals surface area contributed by atoms with Gasteiger partial charge in [0, 0.05) is 24.5 Å². The molecule has 2 aromatic carbocycles. The van der Waals surface area contributed by atoms with Crippen LogP contribution in [0.1, 0.15) is 54.2 Å². The van der Waals surface area contributed by atoms with Crippen molar-refractivity contribution >= 4 is 34.9 Å². The number of ketones is 2. The highest BCUT2D eigenvalue weighted by molar-refractivity contribution is 6.31. The Morgan fingerprint density at radius 1 is 0.913 bits per heavy atom. The molecule has 0 spiro atoms. The zero-order valence-corrected chi connectivity index (χ0v) is 25.0. The maximum absolute atomic E-state index is 14.9. The maximum Gasteiger partial charge on any atom is 0.303 e. The third-order valence-corrected chi connectivity index (χ3v) is 10.4. The molecule has 0 bridgehead atoms. The van der Waals surface area contributed by atoms with Gasteiger partial charge in [-0.05, 0) is 54.5 Å². The summed E-state index contributed by atoms with van der Waals surface area (Å²) in [5, 5.41) is 19.0. The number of fused-ring (bicyclic) bond motifs is 4. The molecule has 3 aliphatic carbocycles. The number of nitrogens with zero attached hydrogens (tertiary/aromatic N) is 1. The Bertz CT molecular complexity index is 1800. The van der Waals surface area contributed by atoms with Gasteiger partial charge in [0.1, 0.15) is 18.1 Å². The number of Topliss-reactive ketones (excluding diaryl/α,β-unsaturated/α-hetero) is 1. The van der Waals surface area contributed by atoms with Gasteiger partial charge in [-0.25, -0.2) is 0 Å². The third kappa shape index (κ3) is 4.44. The highest BCUT2D eigenvalue weighted by Crippen LogP contribution is 2.63. The fourth-order valence-corrected chi connectivity index (χ4v) is 8.49. The predicted molar refractivity (Wildman–Crippen MR) is 165 cm³/mol. The van der Waals surface area contributed by atoms with E-state index < -0.39 is 41.0 Å². The van der Waals surface area contributed by atoms with Gasteiger partial charge in [0.05, 0.1) is 23.2 Å². The molecule has 2 fully saturated rings. The van der Waals surface area contributed by atoms with Crippen molar-refractivity contribution in [3.63, 3.8) is 0 Å². The summed E-state index contributed by atoms with van der Waals surface area (Å²) >= 11 is 0. The zero-order valence-electron chi connectivity index (χ0n) is 25.0. The van der Waals surface area contributed by atoms with Crippen LogP contribution < -0.4 is 0 Å². The number of carbonyl (C=O) groups excluding carboxylic acids is 4. The van der Waals surface area contributed by atoms with Crippen LogP contribution in [0.2, 0.25) is 0 Å². The Hall–Kier alpha value is -4.89. The van der Waals surface area contributed by atoms with Crippen LogP contribution in [0.15, 0.2) is 94.9 Å². The number of hydrogen-bond acceptors (Lipinski definition) is 7. The maximum atomic E-state index is 14.9. The zero-order chi connectivity index (χ0) is 32.2. The van der Waals surface area contributed by atoms with E-state index in [1.165, 1.54) is 11.0 Å². The molecule has 6 atom stereocenters. The number of imide groups is 1. The van der Waals surface area contributed by atoms with Crippen molar-refractivity contribution in [2.24, 2.45) is 23.7 Å². The van der Waals surface area contributed by atoms with Crippen molar-refractivity contribution in [2.45, 2.75) is 43.6 Å². The number of aliphatic carboxylic acids is 1. The topological polar surface area (TPSA) is 142 Å². The van der Waals surface area contributed by atoms with E-state index in [1.54, 1.807) is 24.3 Å². The predicted octanol–water partition coefficient (Wildman–Crippen LogP) is 4.46. The summed E-state index contributed by atoms with van der Waals surface area (Å²) < 4.78 is 6.17. The Morgan fingerprint density at radius 3 is 2.30 bits per heavy atom. The van der Waals surface area contributed by atoms with Crippen LogP contribution in [0.3, 0.4) is 0 Å². The van der Waals surface area contributed by atoms with Crippen molar-refractivity contribution < 1.29 is 38.6 Å². The van der Waals surface area contributed by atoms with Crippen LogP contribution in [0.25, 0.3) is 5.57 Å². The summed E-state index contributed by atoms with van der Waals surface area (Å²) in [6, 6.07) is 21.6. The second kappa shape index (κ2) is 11.5. The summed E-state index contributed by atoms with van der Waals surface area (Å²) in [6.45, 7) is -0.346. The minimum atomic E-state index is -1.40. The van der Waals surface area contributed by atoms with Gasteiger partial charge in [-0.3, -0.25) is 28.9 Å². The molecule has 1 aromatic heterocycles. The quantitative estimate of drug-likeness (QED) is 0.278. The summed E-state index contributed by atoms with van der Waals surface area (Å²) in [5.74, 6) is -5.07. The summed E-state index contributed by atoms with van der Waals surface area (Å²) in [7, 11) is 0. The first-order valence-electron chi connectivity index (χ1n) is 15.6. The number of allylic oxidation sites excluding steroid dienone is 4. The lowest BCUT2D eigenvalue weighted by Crippen LogP contribution is -2.58. The van der Waals surface area contributed by atoms with E-state index in [0.29, 0.717) is 28.2 Å². The van der Waals surface area contributed by atoms with Crippen LogP contribution in [-0.4, -0.2) is 51.0 Å². The van der Waals surface area contributed by atoms with Crippen molar-refractivity contribution in [1.82, 2.24) is 4.90 Å². The van der Waals surface area contributed by atoms with E-state index in [-0.39, 0.29) is 62.2 Å². The molecular formula is C37H33NO8. The first-order chi connectivity index (χ1) is 22.3. The minimum absolute atomic E-state index is 0.0101. The van der Waals surface area contributed by atoms with E-state index in [0.717, 1.165) is 5.57 Å². The molecule has 46 heavy (non-hydrogen) atoms. The van der Waals surface area contributed by atoms with E-state index in [2.05, 4.69) is 0 Å². The molecule has 7 rings (SSSR count). The lowest BCUT2D eigenvalue weighted by Gasteiger charge is -2.54. The number of furan rings is 1.